The minimum Gasteiger partial charge on any atom is -0.462 e. The minimum atomic E-state index is -0.763. The average Bonchev–Trinajstić information content (AvgIpc) is 3.24. The van der Waals surface area contributed by atoms with Gasteiger partial charge < -0.3 is 14.2 Å². The molecule has 0 aliphatic carbocycles. The van der Waals surface area contributed by atoms with Gasteiger partial charge in [0.1, 0.15) is 13.2 Å². The summed E-state index contributed by atoms with van der Waals surface area (Å²) >= 11 is 0. The number of ether oxygens (including phenoxy) is 3. The van der Waals surface area contributed by atoms with Gasteiger partial charge in [0.2, 0.25) is 0 Å². The first kappa shape index (κ1) is 61.4. The van der Waals surface area contributed by atoms with Crippen molar-refractivity contribution in [3.8, 4) is 0 Å². The molecular weight excluding hydrogens is 781 g/mol. The molecule has 0 aromatic rings. The van der Waals surface area contributed by atoms with Crippen molar-refractivity contribution in [2.24, 2.45) is 17.8 Å². The van der Waals surface area contributed by atoms with Crippen molar-refractivity contribution >= 4 is 17.9 Å². The third-order valence-corrected chi connectivity index (χ3v) is 12.9. The lowest BCUT2D eigenvalue weighted by atomic mass is 10.0. The van der Waals surface area contributed by atoms with Crippen LogP contribution in [0.15, 0.2) is 0 Å². The fraction of sp³-hybridized carbons (Fsp3) is 0.947. The average molecular weight is 892 g/mol. The lowest BCUT2D eigenvalue weighted by Crippen LogP contribution is -2.30. The van der Waals surface area contributed by atoms with Crippen LogP contribution in [0.3, 0.4) is 0 Å². The Kier molecular flexibility index (Phi) is 47.1. The normalized spacial score (nSPS) is 12.1. The van der Waals surface area contributed by atoms with E-state index in [-0.39, 0.29) is 31.1 Å². The van der Waals surface area contributed by atoms with E-state index in [0.29, 0.717) is 19.3 Å². The summed E-state index contributed by atoms with van der Waals surface area (Å²) in [5.41, 5.74) is 0. The minimum absolute atomic E-state index is 0.0645. The highest BCUT2D eigenvalue weighted by Crippen LogP contribution is 2.18. The van der Waals surface area contributed by atoms with Gasteiger partial charge in [0.25, 0.3) is 0 Å². The van der Waals surface area contributed by atoms with Crippen LogP contribution in [0.2, 0.25) is 0 Å². The summed E-state index contributed by atoms with van der Waals surface area (Å²) in [5.74, 6) is 1.62. The molecule has 0 N–H and O–H groups in total. The molecule has 0 fully saturated rings. The van der Waals surface area contributed by atoms with Crippen molar-refractivity contribution in [2.75, 3.05) is 13.2 Å². The molecule has 6 heteroatoms. The molecule has 0 radical (unpaired) electrons. The van der Waals surface area contributed by atoms with Gasteiger partial charge in [0.15, 0.2) is 6.10 Å². The van der Waals surface area contributed by atoms with Crippen LogP contribution in [0, 0.1) is 17.8 Å². The van der Waals surface area contributed by atoms with Crippen molar-refractivity contribution in [3.05, 3.63) is 0 Å². The van der Waals surface area contributed by atoms with Gasteiger partial charge in [-0.2, -0.15) is 0 Å². The van der Waals surface area contributed by atoms with Gasteiger partial charge in [0, 0.05) is 19.3 Å². The lowest BCUT2D eigenvalue weighted by molar-refractivity contribution is -0.167. The second kappa shape index (κ2) is 48.3. The molecule has 0 unspecified atom stereocenters. The molecule has 0 saturated carbocycles. The molecule has 0 amide bonds. The van der Waals surface area contributed by atoms with Gasteiger partial charge in [-0.3, -0.25) is 14.4 Å². The molecule has 0 heterocycles. The van der Waals surface area contributed by atoms with Gasteiger partial charge in [0.05, 0.1) is 0 Å². The second-order valence-corrected chi connectivity index (χ2v) is 21.0. The third kappa shape index (κ3) is 51.3. The van der Waals surface area contributed by atoms with Crippen LogP contribution in [-0.4, -0.2) is 37.2 Å². The van der Waals surface area contributed by atoms with Gasteiger partial charge in [-0.05, 0) is 37.0 Å². The molecule has 1 atom stereocenters. The van der Waals surface area contributed by atoms with Gasteiger partial charge in [-0.1, -0.05) is 273 Å². The summed E-state index contributed by atoms with van der Waals surface area (Å²) in [6, 6.07) is 0. The summed E-state index contributed by atoms with van der Waals surface area (Å²) < 4.78 is 16.8. The Labute approximate surface area is 393 Å². The Balaban J connectivity index is 4.23. The number of hydrogen-bond acceptors (Lipinski definition) is 6. The Hall–Kier alpha value is -1.59. The molecule has 374 valence electrons. The quantitative estimate of drug-likeness (QED) is 0.0344. The number of unbranched alkanes of at least 4 members (excludes halogenated alkanes) is 33. The van der Waals surface area contributed by atoms with Crippen molar-refractivity contribution < 1.29 is 28.6 Å². The molecule has 0 rings (SSSR count). The van der Waals surface area contributed by atoms with Crippen molar-refractivity contribution in [1.82, 2.24) is 0 Å². The summed E-state index contributed by atoms with van der Waals surface area (Å²) in [4.78, 5) is 38.0. The van der Waals surface area contributed by atoms with Crippen LogP contribution >= 0.6 is 0 Å². The summed E-state index contributed by atoms with van der Waals surface area (Å²) in [7, 11) is 0. The summed E-state index contributed by atoms with van der Waals surface area (Å²) in [6.07, 6.45) is 49.6. The number of rotatable bonds is 50. The SMILES string of the molecule is CC(C)CCCCCCCCCCCCCCCCCC(=O)OC[C@H](COC(=O)CCCCCCCCCCCCCCCCC(C)C)OC(=O)CCCCCCCCCC(C)C. The molecule has 0 spiro atoms. The fourth-order valence-electron chi connectivity index (χ4n) is 8.65. The van der Waals surface area contributed by atoms with Crippen molar-refractivity contribution in [3.63, 3.8) is 0 Å². The Morgan fingerprint density at radius 1 is 0.270 bits per heavy atom. The molecular formula is C57H110O6. The topological polar surface area (TPSA) is 78.9 Å². The fourth-order valence-corrected chi connectivity index (χ4v) is 8.65. The Bertz CT molecular complexity index is 976. The monoisotopic (exact) mass is 891 g/mol. The number of carbonyl (C=O) groups excluding carboxylic acids is 3. The second-order valence-electron chi connectivity index (χ2n) is 21.0. The molecule has 0 aliphatic rings. The van der Waals surface area contributed by atoms with E-state index in [0.717, 1.165) is 75.5 Å². The summed E-state index contributed by atoms with van der Waals surface area (Å²) in [5, 5.41) is 0. The van der Waals surface area contributed by atoms with Crippen LogP contribution < -0.4 is 0 Å². The van der Waals surface area contributed by atoms with Gasteiger partial charge in [-0.25, -0.2) is 0 Å². The van der Waals surface area contributed by atoms with Crippen LogP contribution in [0.25, 0.3) is 0 Å². The van der Waals surface area contributed by atoms with E-state index in [4.69, 9.17) is 14.2 Å². The Morgan fingerprint density at radius 2 is 0.460 bits per heavy atom. The predicted molar refractivity (Wildman–Crippen MR) is 270 cm³/mol. The van der Waals surface area contributed by atoms with E-state index in [1.54, 1.807) is 0 Å². The van der Waals surface area contributed by atoms with Gasteiger partial charge in [-0.15, -0.1) is 0 Å². The third-order valence-electron chi connectivity index (χ3n) is 12.9. The highest BCUT2D eigenvalue weighted by Gasteiger charge is 2.19. The van der Waals surface area contributed by atoms with E-state index >= 15 is 0 Å². The molecule has 0 bridgehead atoms. The largest absolute Gasteiger partial charge is 0.462 e. The maximum absolute atomic E-state index is 12.8. The molecule has 0 saturated heterocycles. The van der Waals surface area contributed by atoms with Crippen LogP contribution in [0.5, 0.6) is 0 Å². The predicted octanol–water partition coefficient (Wildman–Crippen LogP) is 18.3. The van der Waals surface area contributed by atoms with E-state index in [9.17, 15) is 14.4 Å². The highest BCUT2D eigenvalue weighted by atomic mass is 16.6. The maximum atomic E-state index is 12.8. The van der Waals surface area contributed by atoms with Crippen LogP contribution in [0.1, 0.15) is 311 Å². The number of esters is 3. The standard InChI is InChI=1S/C57H110O6/c1-51(2)43-37-31-25-20-16-12-8-7-9-14-18-22-28-34-40-46-55(58)61-49-54(63-57(60)48-42-36-30-24-27-33-39-45-53(5)6)50-62-56(59)47-41-35-29-23-19-15-11-10-13-17-21-26-32-38-44-52(3)4/h51-54H,7-50H2,1-6H3/t54-/m1/s1. The van der Waals surface area contributed by atoms with Gasteiger partial charge >= 0.3 is 17.9 Å². The first-order valence-electron chi connectivity index (χ1n) is 28.1. The zero-order valence-corrected chi connectivity index (χ0v) is 43.4. The highest BCUT2D eigenvalue weighted by molar-refractivity contribution is 5.71. The molecule has 0 aliphatic heterocycles. The molecule has 0 aromatic carbocycles. The summed E-state index contributed by atoms with van der Waals surface area (Å²) in [6.45, 7) is 13.7. The van der Waals surface area contributed by atoms with E-state index in [1.807, 2.05) is 0 Å². The van der Waals surface area contributed by atoms with Crippen molar-refractivity contribution in [1.29, 1.82) is 0 Å². The number of carbonyl (C=O) groups is 3. The first-order chi connectivity index (χ1) is 30.6. The zero-order chi connectivity index (χ0) is 46.3. The first-order valence-corrected chi connectivity index (χ1v) is 28.1. The smallest absolute Gasteiger partial charge is 0.306 e. The van der Waals surface area contributed by atoms with E-state index in [1.165, 1.54) is 193 Å². The van der Waals surface area contributed by atoms with Crippen LogP contribution in [0.4, 0.5) is 0 Å². The van der Waals surface area contributed by atoms with E-state index < -0.39 is 6.10 Å². The van der Waals surface area contributed by atoms with E-state index in [2.05, 4.69) is 41.5 Å². The molecule has 0 aromatic heterocycles. The molecule has 6 nitrogen and oxygen atoms in total. The lowest BCUT2D eigenvalue weighted by Gasteiger charge is -2.18. The van der Waals surface area contributed by atoms with Crippen molar-refractivity contribution in [2.45, 2.75) is 317 Å². The number of hydrogen-bond donors (Lipinski definition) is 0. The zero-order valence-electron chi connectivity index (χ0n) is 43.4. The maximum Gasteiger partial charge on any atom is 0.306 e. The van der Waals surface area contributed by atoms with Crippen LogP contribution in [-0.2, 0) is 28.6 Å². The Morgan fingerprint density at radius 3 is 0.683 bits per heavy atom. The molecule has 63 heavy (non-hydrogen) atoms.